The van der Waals surface area contributed by atoms with Crippen LogP contribution >= 0.6 is 23.2 Å². The Balaban J connectivity index is 1.55. The number of halogens is 2. The number of aromatic amines is 1. The lowest BCUT2D eigenvalue weighted by Crippen LogP contribution is -2.46. The maximum atomic E-state index is 12.4. The maximum Gasteiger partial charge on any atom is 0.329 e. The van der Waals surface area contributed by atoms with Gasteiger partial charge in [0.1, 0.15) is 0 Å². The Labute approximate surface area is 177 Å². The lowest BCUT2D eigenvalue weighted by molar-refractivity contribution is 0.248. The molecule has 4 rings (SSSR count). The molecule has 0 atom stereocenters. The van der Waals surface area contributed by atoms with Crippen LogP contribution in [-0.2, 0) is 20.1 Å². The molecule has 1 aliphatic rings. The molecule has 29 heavy (non-hydrogen) atoms. The number of imidazole rings is 1. The van der Waals surface area contributed by atoms with E-state index in [0.717, 1.165) is 44.2 Å². The minimum atomic E-state index is -0.457. The number of piperazine rings is 1. The van der Waals surface area contributed by atoms with Crippen LogP contribution in [0.3, 0.4) is 0 Å². The molecule has 3 heterocycles. The molecule has 0 radical (unpaired) electrons. The molecule has 1 aromatic carbocycles. The minimum Gasteiger partial charge on any atom is -0.340 e. The largest absolute Gasteiger partial charge is 0.340 e. The molecule has 8 nitrogen and oxygen atoms in total. The molecular weight excluding hydrogens is 415 g/mol. The highest BCUT2D eigenvalue weighted by atomic mass is 35.5. The Morgan fingerprint density at radius 3 is 2.48 bits per heavy atom. The lowest BCUT2D eigenvalue weighted by atomic mass is 10.2. The summed E-state index contributed by atoms with van der Waals surface area (Å²) in [7, 11) is 1.62. The van der Waals surface area contributed by atoms with Gasteiger partial charge in [-0.15, -0.1) is 0 Å². The van der Waals surface area contributed by atoms with E-state index in [4.69, 9.17) is 23.2 Å². The van der Waals surface area contributed by atoms with Crippen LogP contribution in [0.1, 0.15) is 12.5 Å². The Morgan fingerprint density at radius 2 is 1.83 bits per heavy atom. The molecule has 0 aliphatic carbocycles. The van der Waals surface area contributed by atoms with Gasteiger partial charge in [0.15, 0.2) is 11.2 Å². The van der Waals surface area contributed by atoms with Crippen molar-refractivity contribution in [3.63, 3.8) is 0 Å². The first-order valence-corrected chi connectivity index (χ1v) is 10.3. The third-order valence-corrected chi connectivity index (χ3v) is 6.09. The van der Waals surface area contributed by atoms with Gasteiger partial charge in [-0.25, -0.2) is 4.79 Å². The molecule has 0 bridgehead atoms. The van der Waals surface area contributed by atoms with Gasteiger partial charge in [0.05, 0.1) is 10.0 Å². The number of benzene rings is 1. The minimum absolute atomic E-state index is 0.401. The van der Waals surface area contributed by atoms with Crippen molar-refractivity contribution >= 4 is 40.3 Å². The Bertz CT molecular complexity index is 1170. The third kappa shape index (κ3) is 3.68. The van der Waals surface area contributed by atoms with Crippen molar-refractivity contribution in [1.82, 2.24) is 24.0 Å². The van der Waals surface area contributed by atoms with E-state index in [1.54, 1.807) is 7.05 Å². The van der Waals surface area contributed by atoms with Crippen LogP contribution in [0.15, 0.2) is 27.8 Å². The standard InChI is InChI=1S/C19H22Cl2N6O2/c1-3-27-15-16(24(2)19(29)23-17(15)28)22-18(27)26-8-6-25(7-9-26)11-12-4-5-13(20)14(21)10-12/h4-5,10H,3,6-9,11H2,1-2H3,(H,23,28,29). The second-order valence-corrected chi connectivity index (χ2v) is 7.97. The van der Waals surface area contributed by atoms with Crippen molar-refractivity contribution in [1.29, 1.82) is 0 Å². The normalized spacial score (nSPS) is 15.4. The summed E-state index contributed by atoms with van der Waals surface area (Å²) < 4.78 is 3.26. The quantitative estimate of drug-likeness (QED) is 0.676. The van der Waals surface area contributed by atoms with E-state index in [9.17, 15) is 9.59 Å². The fraction of sp³-hybridized carbons (Fsp3) is 0.421. The van der Waals surface area contributed by atoms with Crippen molar-refractivity contribution in [3.05, 3.63) is 54.6 Å². The number of rotatable bonds is 4. The maximum absolute atomic E-state index is 12.4. The highest BCUT2D eigenvalue weighted by molar-refractivity contribution is 6.42. The monoisotopic (exact) mass is 436 g/mol. The average molecular weight is 437 g/mol. The molecule has 0 unspecified atom stereocenters. The number of aryl methyl sites for hydroxylation is 2. The van der Waals surface area contributed by atoms with Gasteiger partial charge < -0.3 is 9.47 Å². The zero-order valence-electron chi connectivity index (χ0n) is 16.3. The lowest BCUT2D eigenvalue weighted by Gasteiger charge is -2.35. The number of nitrogens with zero attached hydrogens (tertiary/aromatic N) is 5. The van der Waals surface area contributed by atoms with E-state index in [-0.39, 0.29) is 0 Å². The van der Waals surface area contributed by atoms with Crippen LogP contribution in [0.5, 0.6) is 0 Å². The molecule has 1 N–H and O–H groups in total. The number of hydrogen-bond acceptors (Lipinski definition) is 5. The third-order valence-electron chi connectivity index (χ3n) is 5.35. The van der Waals surface area contributed by atoms with E-state index in [1.807, 2.05) is 29.7 Å². The van der Waals surface area contributed by atoms with Crippen LogP contribution < -0.4 is 16.1 Å². The topological polar surface area (TPSA) is 79.2 Å². The van der Waals surface area contributed by atoms with Crippen molar-refractivity contribution in [3.8, 4) is 0 Å². The zero-order valence-corrected chi connectivity index (χ0v) is 17.8. The average Bonchev–Trinajstić information content (AvgIpc) is 3.10. The molecule has 154 valence electrons. The summed E-state index contributed by atoms with van der Waals surface area (Å²) in [5.74, 6) is 0.725. The van der Waals surface area contributed by atoms with Crippen molar-refractivity contribution in [2.75, 3.05) is 31.1 Å². The van der Waals surface area contributed by atoms with Gasteiger partial charge >= 0.3 is 5.69 Å². The van der Waals surface area contributed by atoms with E-state index in [0.29, 0.717) is 27.8 Å². The molecule has 0 saturated carbocycles. The summed E-state index contributed by atoms with van der Waals surface area (Å²) in [4.78, 5) is 35.8. The first-order valence-electron chi connectivity index (χ1n) is 9.49. The molecule has 1 saturated heterocycles. The number of hydrogen-bond donors (Lipinski definition) is 1. The van der Waals surface area contributed by atoms with Gasteiger partial charge in [-0.1, -0.05) is 29.3 Å². The first kappa shape index (κ1) is 20.0. The van der Waals surface area contributed by atoms with E-state index < -0.39 is 11.2 Å². The van der Waals surface area contributed by atoms with E-state index >= 15 is 0 Å². The number of aromatic nitrogens is 4. The molecule has 0 amide bonds. The Kier molecular flexibility index (Phi) is 5.42. The zero-order chi connectivity index (χ0) is 20.7. The van der Waals surface area contributed by atoms with Gasteiger partial charge in [-0.2, -0.15) is 4.98 Å². The van der Waals surface area contributed by atoms with Crippen LogP contribution in [0, 0.1) is 0 Å². The second kappa shape index (κ2) is 7.85. The Morgan fingerprint density at radius 1 is 1.10 bits per heavy atom. The first-order chi connectivity index (χ1) is 13.9. The Hall–Kier alpha value is -2.29. The van der Waals surface area contributed by atoms with E-state index in [2.05, 4.69) is 19.8 Å². The van der Waals surface area contributed by atoms with Crippen molar-refractivity contribution in [2.24, 2.45) is 7.05 Å². The summed E-state index contributed by atoms with van der Waals surface area (Å²) in [6, 6.07) is 5.71. The van der Waals surface area contributed by atoms with Crippen LogP contribution in [0.4, 0.5) is 5.95 Å². The van der Waals surface area contributed by atoms with E-state index in [1.165, 1.54) is 4.57 Å². The summed E-state index contributed by atoms with van der Waals surface area (Å²) in [5.41, 5.74) is 1.11. The molecule has 1 aliphatic heterocycles. The fourth-order valence-electron chi connectivity index (χ4n) is 3.77. The highest BCUT2D eigenvalue weighted by Crippen LogP contribution is 2.24. The summed E-state index contributed by atoms with van der Waals surface area (Å²) in [5, 5.41) is 1.12. The summed E-state index contributed by atoms with van der Waals surface area (Å²) >= 11 is 12.1. The molecule has 10 heteroatoms. The molecule has 0 spiro atoms. The molecule has 2 aromatic heterocycles. The number of H-pyrrole nitrogens is 1. The van der Waals surface area contributed by atoms with Crippen LogP contribution in [0.2, 0.25) is 10.0 Å². The molecular formula is C19H22Cl2N6O2. The predicted octanol–water partition coefficient (Wildman–Crippen LogP) is 2.07. The predicted molar refractivity (Wildman–Crippen MR) is 115 cm³/mol. The van der Waals surface area contributed by atoms with Crippen LogP contribution in [0.25, 0.3) is 11.2 Å². The summed E-state index contributed by atoms with van der Waals surface area (Å²) in [6.07, 6.45) is 0. The molecule has 1 fully saturated rings. The number of anilines is 1. The van der Waals surface area contributed by atoms with Gasteiger partial charge in [0.2, 0.25) is 5.95 Å². The van der Waals surface area contributed by atoms with Crippen LogP contribution in [-0.4, -0.2) is 50.2 Å². The van der Waals surface area contributed by atoms with Gasteiger partial charge in [-0.05, 0) is 24.6 Å². The van der Waals surface area contributed by atoms with Crippen molar-refractivity contribution in [2.45, 2.75) is 20.0 Å². The van der Waals surface area contributed by atoms with Gasteiger partial charge in [-0.3, -0.25) is 19.2 Å². The highest BCUT2D eigenvalue weighted by Gasteiger charge is 2.24. The van der Waals surface area contributed by atoms with Gasteiger partial charge in [0, 0.05) is 46.3 Å². The number of fused-ring (bicyclic) bond motifs is 1. The summed E-state index contributed by atoms with van der Waals surface area (Å²) in [6.45, 7) is 6.60. The van der Waals surface area contributed by atoms with Gasteiger partial charge in [0.25, 0.3) is 5.56 Å². The molecule has 3 aromatic rings. The second-order valence-electron chi connectivity index (χ2n) is 7.16. The van der Waals surface area contributed by atoms with Crippen molar-refractivity contribution < 1.29 is 0 Å². The SMILES string of the molecule is CCn1c(N2CCN(Cc3ccc(Cl)c(Cl)c3)CC2)nc2c1c(=O)[nH]c(=O)n2C. The fourth-order valence-corrected chi connectivity index (χ4v) is 4.09. The number of nitrogens with one attached hydrogen (secondary N) is 1. The smallest absolute Gasteiger partial charge is 0.329 e.